The van der Waals surface area contributed by atoms with Gasteiger partial charge in [-0.05, 0) is 72.1 Å². The second-order valence-corrected chi connectivity index (χ2v) is 23.5. The van der Waals surface area contributed by atoms with Gasteiger partial charge >= 0.3 is 6.18 Å². The van der Waals surface area contributed by atoms with Crippen molar-refractivity contribution in [2.24, 2.45) is 0 Å². The summed E-state index contributed by atoms with van der Waals surface area (Å²) in [4.78, 5) is 48.3. The van der Waals surface area contributed by atoms with Crippen LogP contribution in [0.3, 0.4) is 0 Å². The Labute approximate surface area is 478 Å². The number of rotatable bonds is 28. The lowest BCUT2D eigenvalue weighted by atomic mass is 9.91. The SMILES string of the molecule is COC[C@H]1CN[C@H](C)CN1CC(=O)N1CC(C)(C)c2ncc(Cc3ccccc3OCCN3CCN(CCOCCOCCOCC(=O)Nc4ccc(Nc5ncc(C(F)(F)F)c(NCc6cccc(S(C)(=O)=O)c6)n5)cc4)CC3)cc21. The van der Waals surface area contributed by atoms with Crippen molar-refractivity contribution in [2.45, 2.75) is 62.3 Å². The molecule has 4 N–H and O–H groups in total. The number of nitrogens with zero attached hydrogens (tertiary/aromatic N) is 7. The Morgan fingerprint density at radius 2 is 1.52 bits per heavy atom. The minimum atomic E-state index is -4.75. The van der Waals surface area contributed by atoms with Crippen LogP contribution in [0.25, 0.3) is 0 Å². The molecule has 2 atom stereocenters. The van der Waals surface area contributed by atoms with Crippen LogP contribution >= 0.6 is 0 Å². The van der Waals surface area contributed by atoms with Crippen molar-refractivity contribution in [3.63, 3.8) is 0 Å². The summed E-state index contributed by atoms with van der Waals surface area (Å²) in [6.45, 7) is 17.0. The van der Waals surface area contributed by atoms with Gasteiger partial charge in [-0.2, -0.15) is 18.2 Å². The van der Waals surface area contributed by atoms with Crippen molar-refractivity contribution >= 4 is 50.5 Å². The van der Waals surface area contributed by atoms with E-state index in [0.29, 0.717) is 81.7 Å². The summed E-state index contributed by atoms with van der Waals surface area (Å²) < 4.78 is 94.2. The second kappa shape index (κ2) is 28.8. The molecule has 2 fully saturated rings. The molecule has 5 aromatic rings. The molecule has 24 heteroatoms. The molecule has 8 rings (SSSR count). The molecule has 0 unspecified atom stereocenters. The van der Waals surface area contributed by atoms with Gasteiger partial charge in [0, 0.05) is 127 Å². The number of hydrogen-bond acceptors (Lipinski definition) is 18. The standard InChI is InChI=1S/C58H76F3N11O9S/c1-41-36-71(47(34-62-41)38-77-4)37-53(74)72-40-57(2,3)54-50(72)31-43(33-63-54)29-44-10-6-7-12-51(44)81-24-22-70-19-17-69(18-20-70)21-23-78-25-26-79-27-28-80-39-52(73)66-45-13-15-46(16-14-45)67-56-65-35-49(58(59,60)61)55(68-56)64-32-42-9-8-11-48(30-42)82(5,75)76/h6-16,30-31,33,35,41,47,62H,17-29,32,34,36-40H2,1-5H3,(H,66,73)(H2,64,65,67,68)/t41-,47-/m1/s1. The number of hydrogen-bond donors (Lipinski definition) is 4. The van der Waals surface area contributed by atoms with Gasteiger partial charge < -0.3 is 49.9 Å². The Kier molecular flexibility index (Phi) is 21.6. The molecule has 2 amide bonds. The van der Waals surface area contributed by atoms with E-state index >= 15 is 0 Å². The molecule has 0 radical (unpaired) electrons. The molecule has 0 spiro atoms. The lowest BCUT2D eigenvalue weighted by Gasteiger charge is -2.39. The molecule has 3 aromatic carbocycles. The number of halogens is 3. The van der Waals surface area contributed by atoms with Crippen LogP contribution < -0.4 is 30.9 Å². The topological polar surface area (TPSA) is 214 Å². The Bertz CT molecular complexity index is 3020. The van der Waals surface area contributed by atoms with Gasteiger partial charge in [0.15, 0.2) is 9.84 Å². The van der Waals surface area contributed by atoms with Crippen LogP contribution in [0.15, 0.2) is 96.2 Å². The largest absolute Gasteiger partial charge is 0.492 e. The van der Waals surface area contributed by atoms with Gasteiger partial charge in [-0.3, -0.25) is 29.3 Å². The van der Waals surface area contributed by atoms with Crippen molar-refractivity contribution in [1.29, 1.82) is 0 Å². The number of pyridine rings is 1. The zero-order valence-corrected chi connectivity index (χ0v) is 48.1. The molecule has 2 saturated heterocycles. The zero-order valence-electron chi connectivity index (χ0n) is 47.3. The van der Waals surface area contributed by atoms with Crippen LogP contribution in [-0.4, -0.2) is 194 Å². The van der Waals surface area contributed by atoms with Gasteiger partial charge in [0.2, 0.25) is 17.8 Å². The third-order valence-electron chi connectivity index (χ3n) is 14.5. The lowest BCUT2D eigenvalue weighted by Crippen LogP contribution is -2.59. The Hall–Kier alpha value is -6.35. The van der Waals surface area contributed by atoms with Gasteiger partial charge in [0.05, 0.1) is 62.5 Å². The molecule has 3 aliphatic heterocycles. The third kappa shape index (κ3) is 17.8. The number of benzene rings is 3. The number of aromatic nitrogens is 3. The summed E-state index contributed by atoms with van der Waals surface area (Å²) in [5, 5.41) is 11.8. The number of methoxy groups -OCH3 is 1. The molecule has 20 nitrogen and oxygen atoms in total. The van der Waals surface area contributed by atoms with E-state index in [-0.39, 0.29) is 60.5 Å². The first-order valence-corrected chi connectivity index (χ1v) is 29.5. The van der Waals surface area contributed by atoms with Crippen LogP contribution in [-0.2, 0) is 62.9 Å². The minimum Gasteiger partial charge on any atom is -0.492 e. The minimum absolute atomic E-state index is 0.0422. The molecule has 0 saturated carbocycles. The summed E-state index contributed by atoms with van der Waals surface area (Å²) in [5.74, 6) is -0.0571. The highest BCUT2D eigenvalue weighted by atomic mass is 32.2. The molecule has 3 aliphatic rings. The highest BCUT2D eigenvalue weighted by Crippen LogP contribution is 2.40. The number of ether oxygens (including phenoxy) is 5. The van der Waals surface area contributed by atoms with E-state index in [1.54, 1.807) is 37.4 Å². The molecular formula is C58H76F3N11O9S. The number of sulfone groups is 1. The van der Waals surface area contributed by atoms with E-state index in [0.717, 1.165) is 86.9 Å². The Morgan fingerprint density at radius 1 is 0.829 bits per heavy atom. The van der Waals surface area contributed by atoms with Gasteiger partial charge in [-0.25, -0.2) is 13.4 Å². The maximum Gasteiger partial charge on any atom is 0.421 e. The molecule has 2 aromatic heterocycles. The quantitative estimate of drug-likeness (QED) is 0.0432. The number of alkyl halides is 3. The van der Waals surface area contributed by atoms with Crippen molar-refractivity contribution < 1.29 is 54.9 Å². The first kappa shape index (κ1) is 61.7. The average molecular weight is 1160 g/mol. The van der Waals surface area contributed by atoms with E-state index in [4.69, 9.17) is 28.7 Å². The number of fused-ring (bicyclic) bond motifs is 1. The van der Waals surface area contributed by atoms with Crippen molar-refractivity contribution in [3.05, 3.63) is 119 Å². The fraction of sp³-hybridized carbons (Fsp3) is 0.500. The summed E-state index contributed by atoms with van der Waals surface area (Å²) in [6, 6.07) is 23.0. The number of nitrogens with one attached hydrogen (secondary N) is 4. The van der Waals surface area contributed by atoms with Crippen molar-refractivity contribution in [1.82, 2.24) is 35.0 Å². The van der Waals surface area contributed by atoms with Crippen molar-refractivity contribution in [2.75, 3.05) is 153 Å². The first-order valence-electron chi connectivity index (χ1n) is 27.6. The maximum atomic E-state index is 14.0. The number of carbonyl (C=O) groups is 2. The summed E-state index contributed by atoms with van der Waals surface area (Å²) in [6.07, 6.45) is -0.466. The zero-order chi connectivity index (χ0) is 58.3. The Balaban J connectivity index is 0.664. The number of para-hydroxylation sites is 1. The van der Waals surface area contributed by atoms with Gasteiger partial charge in [-0.15, -0.1) is 0 Å². The Morgan fingerprint density at radius 3 is 2.24 bits per heavy atom. The predicted octanol–water partition coefficient (Wildman–Crippen LogP) is 5.86. The molecule has 5 heterocycles. The molecule has 0 aliphatic carbocycles. The highest BCUT2D eigenvalue weighted by Gasteiger charge is 2.41. The number of piperazine rings is 2. The number of carbonyl (C=O) groups excluding carboxylic acids is 2. The molecular weight excluding hydrogens is 1080 g/mol. The summed E-state index contributed by atoms with van der Waals surface area (Å²) in [7, 11) is -1.81. The fourth-order valence-corrected chi connectivity index (χ4v) is 10.8. The highest BCUT2D eigenvalue weighted by molar-refractivity contribution is 7.90. The molecule has 0 bridgehead atoms. The molecule has 444 valence electrons. The second-order valence-electron chi connectivity index (χ2n) is 21.5. The summed E-state index contributed by atoms with van der Waals surface area (Å²) >= 11 is 0. The first-order chi connectivity index (χ1) is 39.3. The molecule has 82 heavy (non-hydrogen) atoms. The van der Waals surface area contributed by atoms with Crippen LogP contribution in [0.2, 0.25) is 0 Å². The van der Waals surface area contributed by atoms with Gasteiger partial charge in [0.25, 0.3) is 0 Å². The van der Waals surface area contributed by atoms with Gasteiger partial charge in [-0.1, -0.05) is 44.2 Å². The monoisotopic (exact) mass is 1160 g/mol. The van der Waals surface area contributed by atoms with E-state index in [2.05, 4.69) is 78.8 Å². The lowest BCUT2D eigenvalue weighted by molar-refractivity contribution is -0.137. The summed E-state index contributed by atoms with van der Waals surface area (Å²) in [5.41, 5.74) is 3.95. The normalized spacial score (nSPS) is 17.8. The number of amides is 2. The van der Waals surface area contributed by atoms with Gasteiger partial charge in [0.1, 0.15) is 30.3 Å². The van der Waals surface area contributed by atoms with Crippen molar-refractivity contribution in [3.8, 4) is 5.75 Å². The fourth-order valence-electron chi connectivity index (χ4n) is 10.1. The average Bonchev–Trinajstić information content (AvgIpc) is 4.01. The van der Waals surface area contributed by atoms with E-state index in [1.807, 2.05) is 29.3 Å². The van der Waals surface area contributed by atoms with Crippen LogP contribution in [0.5, 0.6) is 5.75 Å². The van der Waals surface area contributed by atoms with Crippen LogP contribution in [0, 0.1) is 0 Å². The van der Waals surface area contributed by atoms with Crippen LogP contribution in [0.4, 0.5) is 42.0 Å². The smallest absolute Gasteiger partial charge is 0.421 e. The maximum absolute atomic E-state index is 14.0. The predicted molar refractivity (Wildman–Crippen MR) is 307 cm³/mol. The van der Waals surface area contributed by atoms with Crippen LogP contribution in [0.1, 0.15) is 48.7 Å². The third-order valence-corrected chi connectivity index (χ3v) is 15.6. The van der Waals surface area contributed by atoms with E-state index in [1.165, 1.54) is 18.2 Å². The number of anilines is 5. The van der Waals surface area contributed by atoms with E-state index in [9.17, 15) is 31.2 Å². The van der Waals surface area contributed by atoms with E-state index < -0.39 is 27.4 Å².